The molecule has 1 unspecified atom stereocenters. The Bertz CT molecular complexity index is 1140. The minimum Gasteiger partial charge on any atom is -0.354 e. The molecule has 0 saturated heterocycles. The van der Waals surface area contributed by atoms with Crippen molar-refractivity contribution in [2.24, 2.45) is 5.92 Å². The number of nitrogens with one attached hydrogen (secondary N) is 1. The maximum Gasteiger partial charge on any atom is 0.243 e. The lowest BCUT2D eigenvalue weighted by Gasteiger charge is -2.32. The van der Waals surface area contributed by atoms with E-state index in [0.29, 0.717) is 30.9 Å². The van der Waals surface area contributed by atoms with E-state index in [0.717, 1.165) is 11.1 Å². The van der Waals surface area contributed by atoms with Crippen LogP contribution in [0.4, 0.5) is 4.39 Å². The standard InChI is InChI=1S/C32H39FN2O2/c1-23(2)21-34-32(37)30(20-26-10-6-5-7-11-26)35(22-28-12-8-9-13-29(28)33)31(36)19-16-25-14-17-27(18-15-25)24(3)4/h5-15,17-18,23-24,30H,16,19-22H2,1-4H3,(H,34,37). The van der Waals surface area contributed by atoms with Crippen molar-refractivity contribution in [1.82, 2.24) is 10.2 Å². The van der Waals surface area contributed by atoms with Gasteiger partial charge in [-0.05, 0) is 41.0 Å². The first-order valence-electron chi connectivity index (χ1n) is 13.2. The Morgan fingerprint density at radius 3 is 2.11 bits per heavy atom. The molecule has 0 saturated carbocycles. The summed E-state index contributed by atoms with van der Waals surface area (Å²) in [7, 11) is 0. The van der Waals surface area contributed by atoms with Gasteiger partial charge in [0.15, 0.2) is 0 Å². The minimum atomic E-state index is -0.753. The van der Waals surface area contributed by atoms with Crippen LogP contribution in [0.5, 0.6) is 0 Å². The molecule has 4 nitrogen and oxygen atoms in total. The molecule has 0 fully saturated rings. The molecule has 0 bridgehead atoms. The Kier molecular flexibility index (Phi) is 10.4. The summed E-state index contributed by atoms with van der Waals surface area (Å²) in [4.78, 5) is 28.7. The second-order valence-electron chi connectivity index (χ2n) is 10.4. The van der Waals surface area contributed by atoms with Crippen LogP contribution in [0.15, 0.2) is 78.9 Å². The van der Waals surface area contributed by atoms with Gasteiger partial charge >= 0.3 is 0 Å². The second kappa shape index (κ2) is 13.7. The molecular weight excluding hydrogens is 463 g/mol. The van der Waals surface area contributed by atoms with E-state index in [1.54, 1.807) is 23.1 Å². The van der Waals surface area contributed by atoms with Crippen molar-refractivity contribution in [2.45, 2.75) is 65.5 Å². The molecule has 3 aromatic rings. The van der Waals surface area contributed by atoms with Crippen molar-refractivity contribution in [2.75, 3.05) is 6.54 Å². The van der Waals surface area contributed by atoms with Crippen molar-refractivity contribution in [1.29, 1.82) is 0 Å². The summed E-state index contributed by atoms with van der Waals surface area (Å²) < 4.78 is 14.7. The third kappa shape index (κ3) is 8.56. The molecule has 1 atom stereocenters. The fourth-order valence-corrected chi connectivity index (χ4v) is 4.25. The van der Waals surface area contributed by atoms with E-state index in [1.165, 1.54) is 11.6 Å². The number of rotatable bonds is 12. The monoisotopic (exact) mass is 502 g/mol. The molecule has 3 aromatic carbocycles. The number of carbonyl (C=O) groups is 2. The van der Waals surface area contributed by atoms with Crippen molar-refractivity contribution in [3.63, 3.8) is 0 Å². The van der Waals surface area contributed by atoms with Crippen LogP contribution in [0, 0.1) is 11.7 Å². The van der Waals surface area contributed by atoms with E-state index in [4.69, 9.17) is 0 Å². The second-order valence-corrected chi connectivity index (χ2v) is 10.4. The smallest absolute Gasteiger partial charge is 0.243 e. The number of benzene rings is 3. The van der Waals surface area contributed by atoms with Gasteiger partial charge in [0.2, 0.25) is 11.8 Å². The first-order chi connectivity index (χ1) is 17.7. The van der Waals surface area contributed by atoms with Gasteiger partial charge in [0, 0.05) is 31.5 Å². The zero-order valence-electron chi connectivity index (χ0n) is 22.4. The van der Waals surface area contributed by atoms with Crippen LogP contribution < -0.4 is 5.32 Å². The molecule has 2 amide bonds. The van der Waals surface area contributed by atoms with Crippen molar-refractivity contribution >= 4 is 11.8 Å². The SMILES string of the molecule is CC(C)CNC(=O)C(Cc1ccccc1)N(Cc1ccccc1F)C(=O)CCc1ccc(C(C)C)cc1. The third-order valence-corrected chi connectivity index (χ3v) is 6.53. The number of halogens is 1. The van der Waals surface area contributed by atoms with Crippen LogP contribution in [0.25, 0.3) is 0 Å². The molecule has 1 N–H and O–H groups in total. The van der Waals surface area contributed by atoms with Crippen LogP contribution >= 0.6 is 0 Å². The molecule has 196 valence electrons. The maximum absolute atomic E-state index is 14.7. The van der Waals surface area contributed by atoms with E-state index < -0.39 is 6.04 Å². The van der Waals surface area contributed by atoms with E-state index in [-0.39, 0.29) is 36.5 Å². The molecular formula is C32H39FN2O2. The van der Waals surface area contributed by atoms with Gasteiger partial charge in [-0.3, -0.25) is 9.59 Å². The number of hydrogen-bond acceptors (Lipinski definition) is 2. The van der Waals surface area contributed by atoms with Gasteiger partial charge in [-0.1, -0.05) is 100 Å². The van der Waals surface area contributed by atoms with Gasteiger partial charge in [-0.15, -0.1) is 0 Å². The Morgan fingerprint density at radius 1 is 0.838 bits per heavy atom. The molecule has 0 heterocycles. The van der Waals surface area contributed by atoms with E-state index in [9.17, 15) is 14.0 Å². The molecule has 0 radical (unpaired) electrons. The highest BCUT2D eigenvalue weighted by atomic mass is 19.1. The lowest BCUT2D eigenvalue weighted by molar-refractivity contribution is -0.141. The first kappa shape index (κ1) is 28.1. The summed E-state index contributed by atoms with van der Waals surface area (Å²) >= 11 is 0. The zero-order valence-corrected chi connectivity index (χ0v) is 22.4. The molecule has 3 rings (SSSR count). The van der Waals surface area contributed by atoms with Crippen molar-refractivity contribution in [3.05, 3.63) is 107 Å². The van der Waals surface area contributed by atoms with Gasteiger partial charge in [0.25, 0.3) is 0 Å². The molecule has 37 heavy (non-hydrogen) atoms. The summed E-state index contributed by atoms with van der Waals surface area (Å²) in [5.41, 5.74) is 3.66. The number of amides is 2. The molecule has 0 spiro atoms. The number of nitrogens with zero attached hydrogens (tertiary/aromatic N) is 1. The van der Waals surface area contributed by atoms with Crippen LogP contribution in [0.2, 0.25) is 0 Å². The highest BCUT2D eigenvalue weighted by Gasteiger charge is 2.30. The van der Waals surface area contributed by atoms with Crippen LogP contribution in [-0.2, 0) is 29.0 Å². The fourth-order valence-electron chi connectivity index (χ4n) is 4.25. The summed E-state index contributed by atoms with van der Waals surface area (Å²) in [5.74, 6) is -0.0631. The van der Waals surface area contributed by atoms with Crippen LogP contribution in [0.1, 0.15) is 62.3 Å². The minimum absolute atomic E-state index is 0.0321. The van der Waals surface area contributed by atoms with Gasteiger partial charge in [-0.25, -0.2) is 4.39 Å². The predicted octanol–water partition coefficient (Wildman–Crippen LogP) is 6.29. The lowest BCUT2D eigenvalue weighted by atomic mass is 9.99. The predicted molar refractivity (Wildman–Crippen MR) is 148 cm³/mol. The molecule has 0 aliphatic heterocycles. The number of hydrogen-bond donors (Lipinski definition) is 1. The van der Waals surface area contributed by atoms with Gasteiger partial charge in [0.05, 0.1) is 0 Å². The average Bonchev–Trinajstić information content (AvgIpc) is 2.89. The quantitative estimate of drug-likeness (QED) is 0.316. The fraction of sp³-hybridized carbons (Fsp3) is 0.375. The van der Waals surface area contributed by atoms with Crippen molar-refractivity contribution < 1.29 is 14.0 Å². The largest absolute Gasteiger partial charge is 0.354 e. The van der Waals surface area contributed by atoms with Crippen LogP contribution in [0.3, 0.4) is 0 Å². The summed E-state index contributed by atoms with van der Waals surface area (Å²) in [6.45, 7) is 8.89. The van der Waals surface area contributed by atoms with Crippen LogP contribution in [-0.4, -0.2) is 29.3 Å². The Morgan fingerprint density at radius 2 is 1.49 bits per heavy atom. The van der Waals surface area contributed by atoms with E-state index in [1.807, 2.05) is 44.2 Å². The average molecular weight is 503 g/mol. The highest BCUT2D eigenvalue weighted by molar-refractivity contribution is 5.88. The normalized spacial score (nSPS) is 12.0. The van der Waals surface area contributed by atoms with Gasteiger partial charge in [0.1, 0.15) is 11.9 Å². The van der Waals surface area contributed by atoms with E-state index >= 15 is 0 Å². The number of carbonyl (C=O) groups excluding carboxylic acids is 2. The first-order valence-corrected chi connectivity index (χ1v) is 13.2. The zero-order chi connectivity index (χ0) is 26.8. The summed E-state index contributed by atoms with van der Waals surface area (Å²) in [5, 5.41) is 3.00. The molecule has 0 aliphatic carbocycles. The molecule has 0 aromatic heterocycles. The molecule has 5 heteroatoms. The molecule has 0 aliphatic rings. The number of aryl methyl sites for hydroxylation is 1. The van der Waals surface area contributed by atoms with Gasteiger partial charge < -0.3 is 10.2 Å². The highest BCUT2D eigenvalue weighted by Crippen LogP contribution is 2.20. The van der Waals surface area contributed by atoms with Crippen molar-refractivity contribution in [3.8, 4) is 0 Å². The third-order valence-electron chi connectivity index (χ3n) is 6.53. The Hall–Kier alpha value is -3.47. The maximum atomic E-state index is 14.7. The summed E-state index contributed by atoms with van der Waals surface area (Å²) in [6, 6.07) is 23.6. The van der Waals surface area contributed by atoms with Gasteiger partial charge in [-0.2, -0.15) is 0 Å². The Balaban J connectivity index is 1.88. The Labute approximate surface area is 220 Å². The summed E-state index contributed by atoms with van der Waals surface area (Å²) in [6.07, 6.45) is 1.14. The van der Waals surface area contributed by atoms with E-state index in [2.05, 4.69) is 43.4 Å². The topological polar surface area (TPSA) is 49.4 Å². The lowest BCUT2D eigenvalue weighted by Crippen LogP contribution is -2.51.